The quantitative estimate of drug-likeness (QED) is 0.800. The van der Waals surface area contributed by atoms with Crippen molar-refractivity contribution in [1.29, 1.82) is 0 Å². The van der Waals surface area contributed by atoms with E-state index in [2.05, 4.69) is 5.32 Å². The van der Waals surface area contributed by atoms with Gasteiger partial charge in [0.25, 0.3) is 0 Å². The monoisotopic (exact) mass is 286 g/mol. The molecule has 6 heteroatoms. The summed E-state index contributed by atoms with van der Waals surface area (Å²) < 4.78 is 0. The molecule has 5 nitrogen and oxygen atoms in total. The lowest BCUT2D eigenvalue weighted by molar-refractivity contribution is -0.145. The van der Waals surface area contributed by atoms with Gasteiger partial charge in [-0.15, -0.1) is 0 Å². The molecule has 19 heavy (non-hydrogen) atoms. The molecular formula is C13H22N2O3S. The van der Waals surface area contributed by atoms with Gasteiger partial charge in [-0.3, -0.25) is 9.59 Å². The van der Waals surface area contributed by atoms with Crippen LogP contribution in [0.25, 0.3) is 0 Å². The summed E-state index contributed by atoms with van der Waals surface area (Å²) in [6, 6.07) is 0.458. The van der Waals surface area contributed by atoms with E-state index in [9.17, 15) is 9.59 Å². The number of carboxylic acids is 1. The Labute approximate surface area is 118 Å². The maximum atomic E-state index is 12.0. The lowest BCUT2D eigenvalue weighted by atomic mass is 9.97. The van der Waals surface area contributed by atoms with E-state index in [1.54, 1.807) is 4.90 Å². The standard InChI is InChI=1S/C13H22N2O3S/c16-12(8-14-11-2-1-7-19-9-11)15-5-3-10(4-6-15)13(17)18/h10-11,14H,1-9H2,(H,17,18). The highest BCUT2D eigenvalue weighted by molar-refractivity contribution is 7.99. The number of aliphatic carboxylic acids is 1. The molecule has 0 aromatic carbocycles. The van der Waals surface area contributed by atoms with Crippen LogP contribution in [0.5, 0.6) is 0 Å². The van der Waals surface area contributed by atoms with Crippen LogP contribution in [0, 0.1) is 5.92 Å². The molecule has 2 fully saturated rings. The van der Waals surface area contributed by atoms with Gasteiger partial charge in [0.15, 0.2) is 0 Å². The number of carbonyl (C=O) groups excluding carboxylic acids is 1. The lowest BCUT2D eigenvalue weighted by Crippen LogP contribution is -2.46. The van der Waals surface area contributed by atoms with Crippen molar-refractivity contribution in [2.24, 2.45) is 5.92 Å². The molecule has 2 N–H and O–H groups in total. The van der Waals surface area contributed by atoms with Crippen molar-refractivity contribution < 1.29 is 14.7 Å². The minimum Gasteiger partial charge on any atom is -0.481 e. The molecule has 2 heterocycles. The van der Waals surface area contributed by atoms with Gasteiger partial charge in [0.1, 0.15) is 0 Å². The number of carboxylic acid groups (broad SMARTS) is 1. The maximum Gasteiger partial charge on any atom is 0.306 e. The van der Waals surface area contributed by atoms with Gasteiger partial charge < -0.3 is 15.3 Å². The zero-order valence-electron chi connectivity index (χ0n) is 11.1. The predicted octanol–water partition coefficient (Wildman–Crippen LogP) is 0.795. The van der Waals surface area contributed by atoms with Crippen molar-refractivity contribution in [3.63, 3.8) is 0 Å². The smallest absolute Gasteiger partial charge is 0.306 e. The summed E-state index contributed by atoms with van der Waals surface area (Å²) in [6.45, 7) is 1.55. The Morgan fingerprint density at radius 2 is 2.00 bits per heavy atom. The van der Waals surface area contributed by atoms with E-state index < -0.39 is 5.97 Å². The molecule has 2 aliphatic rings. The molecule has 0 saturated carbocycles. The number of carbonyl (C=O) groups is 2. The van der Waals surface area contributed by atoms with Crippen molar-refractivity contribution in [2.75, 3.05) is 31.1 Å². The maximum absolute atomic E-state index is 12.0. The Hall–Kier alpha value is -0.750. The highest BCUT2D eigenvalue weighted by Crippen LogP contribution is 2.18. The first-order valence-electron chi connectivity index (χ1n) is 6.98. The summed E-state index contributed by atoms with van der Waals surface area (Å²) in [7, 11) is 0. The van der Waals surface area contributed by atoms with E-state index in [0.717, 1.165) is 12.2 Å². The normalized spacial score (nSPS) is 25.3. The largest absolute Gasteiger partial charge is 0.481 e. The highest BCUT2D eigenvalue weighted by Gasteiger charge is 2.27. The molecule has 1 amide bonds. The van der Waals surface area contributed by atoms with Crippen LogP contribution in [0.3, 0.4) is 0 Å². The van der Waals surface area contributed by atoms with Gasteiger partial charge in [-0.2, -0.15) is 11.8 Å². The summed E-state index contributed by atoms with van der Waals surface area (Å²) in [4.78, 5) is 24.7. The average Bonchev–Trinajstić information content (AvgIpc) is 2.46. The Morgan fingerprint density at radius 3 is 2.58 bits per heavy atom. The molecule has 0 bridgehead atoms. The first kappa shape index (κ1) is 14.7. The summed E-state index contributed by atoms with van der Waals surface area (Å²) in [5.41, 5.74) is 0. The number of nitrogens with one attached hydrogen (secondary N) is 1. The van der Waals surface area contributed by atoms with Gasteiger partial charge in [-0.05, 0) is 31.4 Å². The Balaban J connectivity index is 1.67. The van der Waals surface area contributed by atoms with E-state index in [0.29, 0.717) is 38.5 Å². The Morgan fingerprint density at radius 1 is 1.26 bits per heavy atom. The number of likely N-dealkylation sites (tertiary alicyclic amines) is 1. The minimum atomic E-state index is -0.732. The number of hydrogen-bond acceptors (Lipinski definition) is 4. The SMILES string of the molecule is O=C(O)C1CCN(C(=O)CNC2CCCSC2)CC1. The molecular weight excluding hydrogens is 264 g/mol. The molecule has 1 unspecified atom stereocenters. The Kier molecular flexibility index (Phi) is 5.51. The molecule has 0 spiro atoms. The molecule has 2 rings (SSSR count). The van der Waals surface area contributed by atoms with Crippen LogP contribution in [0.1, 0.15) is 25.7 Å². The average molecular weight is 286 g/mol. The summed E-state index contributed by atoms with van der Waals surface area (Å²) in [5.74, 6) is 1.43. The van der Waals surface area contributed by atoms with Crippen LogP contribution in [0.4, 0.5) is 0 Å². The van der Waals surface area contributed by atoms with Crippen LogP contribution in [-0.4, -0.2) is 59.1 Å². The minimum absolute atomic E-state index is 0.111. The topological polar surface area (TPSA) is 69.6 Å². The van der Waals surface area contributed by atoms with Gasteiger partial charge in [0.2, 0.25) is 5.91 Å². The second-order valence-corrected chi connectivity index (χ2v) is 6.44. The fraction of sp³-hybridized carbons (Fsp3) is 0.846. The van der Waals surface area contributed by atoms with E-state index in [4.69, 9.17) is 5.11 Å². The van der Waals surface area contributed by atoms with E-state index in [-0.39, 0.29) is 11.8 Å². The molecule has 0 aromatic heterocycles. The van der Waals surface area contributed by atoms with Crippen molar-refractivity contribution in [2.45, 2.75) is 31.7 Å². The summed E-state index contributed by atoms with van der Waals surface area (Å²) in [5, 5.41) is 12.2. The second-order valence-electron chi connectivity index (χ2n) is 5.29. The lowest BCUT2D eigenvalue weighted by Gasteiger charge is -2.31. The van der Waals surface area contributed by atoms with Crippen LogP contribution >= 0.6 is 11.8 Å². The zero-order valence-corrected chi connectivity index (χ0v) is 12.0. The van der Waals surface area contributed by atoms with Crippen molar-refractivity contribution in [1.82, 2.24) is 10.2 Å². The van der Waals surface area contributed by atoms with Crippen LogP contribution in [-0.2, 0) is 9.59 Å². The fourth-order valence-corrected chi connectivity index (χ4v) is 3.73. The van der Waals surface area contributed by atoms with Crippen molar-refractivity contribution in [3.05, 3.63) is 0 Å². The molecule has 1 atom stereocenters. The molecule has 0 aromatic rings. The third-order valence-corrected chi connectivity index (χ3v) is 5.11. The zero-order chi connectivity index (χ0) is 13.7. The second kappa shape index (κ2) is 7.14. The molecule has 2 saturated heterocycles. The van der Waals surface area contributed by atoms with Gasteiger partial charge in [0, 0.05) is 24.9 Å². The number of nitrogens with zero attached hydrogens (tertiary/aromatic N) is 1. The molecule has 0 radical (unpaired) electrons. The number of thioether (sulfide) groups is 1. The number of hydrogen-bond donors (Lipinski definition) is 2. The number of rotatable bonds is 4. The third-order valence-electron chi connectivity index (χ3n) is 3.90. The fourth-order valence-electron chi connectivity index (χ4n) is 2.62. The van der Waals surface area contributed by atoms with Crippen LogP contribution < -0.4 is 5.32 Å². The van der Waals surface area contributed by atoms with E-state index in [1.807, 2.05) is 11.8 Å². The summed E-state index contributed by atoms with van der Waals surface area (Å²) in [6.07, 6.45) is 3.54. The molecule has 2 aliphatic heterocycles. The number of amides is 1. The predicted molar refractivity (Wildman–Crippen MR) is 75.3 cm³/mol. The van der Waals surface area contributed by atoms with Crippen molar-refractivity contribution in [3.8, 4) is 0 Å². The molecule has 108 valence electrons. The van der Waals surface area contributed by atoms with Crippen LogP contribution in [0.2, 0.25) is 0 Å². The first-order valence-corrected chi connectivity index (χ1v) is 8.14. The van der Waals surface area contributed by atoms with Crippen molar-refractivity contribution >= 4 is 23.6 Å². The van der Waals surface area contributed by atoms with Gasteiger partial charge in [-0.1, -0.05) is 0 Å². The van der Waals surface area contributed by atoms with E-state index in [1.165, 1.54) is 12.2 Å². The highest BCUT2D eigenvalue weighted by atomic mass is 32.2. The third kappa shape index (κ3) is 4.38. The van der Waals surface area contributed by atoms with Gasteiger partial charge >= 0.3 is 5.97 Å². The summed E-state index contributed by atoms with van der Waals surface area (Å²) >= 11 is 1.94. The first-order chi connectivity index (χ1) is 9.16. The Bertz CT molecular complexity index is 324. The number of piperidine rings is 1. The van der Waals surface area contributed by atoms with Gasteiger partial charge in [-0.25, -0.2) is 0 Å². The van der Waals surface area contributed by atoms with Crippen LogP contribution in [0.15, 0.2) is 0 Å². The molecule has 0 aliphatic carbocycles. The van der Waals surface area contributed by atoms with E-state index >= 15 is 0 Å². The van der Waals surface area contributed by atoms with Gasteiger partial charge in [0.05, 0.1) is 12.5 Å².